The Kier molecular flexibility index (Phi) is 8.93. The maximum Gasteiger partial charge on any atom is 0.125 e. The van der Waals surface area contributed by atoms with Gasteiger partial charge in [0.1, 0.15) is 5.84 Å². The van der Waals surface area contributed by atoms with Crippen LogP contribution in [0.25, 0.3) is 0 Å². The Labute approximate surface area is 116 Å². The molecule has 0 bridgehead atoms. The minimum Gasteiger partial charge on any atom is -0.243 e. The van der Waals surface area contributed by atoms with Gasteiger partial charge >= 0.3 is 0 Å². The van der Waals surface area contributed by atoms with Gasteiger partial charge in [-0.05, 0) is 31.5 Å². The van der Waals surface area contributed by atoms with E-state index in [9.17, 15) is 0 Å². The lowest BCUT2D eigenvalue weighted by Gasteiger charge is -2.01. The van der Waals surface area contributed by atoms with Crippen LogP contribution in [0.4, 0.5) is 0 Å². The number of hydrogen-bond donors (Lipinski definition) is 1. The molecular weight excluding hydrogens is 240 g/mol. The second kappa shape index (κ2) is 9.66. The van der Waals surface area contributed by atoms with Crippen molar-refractivity contribution in [1.29, 1.82) is 0 Å². The van der Waals surface area contributed by atoms with E-state index in [0.29, 0.717) is 0 Å². The molecule has 0 heterocycles. The Morgan fingerprint density at radius 2 is 1.78 bits per heavy atom. The SMILES string of the molecule is C=CN=C(C)N=C(C)Cc1ccc(S)cc1.CC. The van der Waals surface area contributed by atoms with Crippen LogP contribution in [0.5, 0.6) is 0 Å². The number of rotatable bonds is 3. The molecule has 0 aliphatic carbocycles. The lowest BCUT2D eigenvalue weighted by atomic mass is 10.1. The standard InChI is InChI=1S/C13H16N2S.C2H6/c1-4-14-11(3)15-10(2)9-12-5-7-13(16)8-6-12;1-2/h4-8,16H,1,9H2,2-3H3;1-2H3. The monoisotopic (exact) mass is 262 g/mol. The van der Waals surface area contributed by atoms with Crippen LogP contribution in [-0.2, 0) is 6.42 Å². The van der Waals surface area contributed by atoms with Gasteiger partial charge in [-0.1, -0.05) is 32.6 Å². The van der Waals surface area contributed by atoms with E-state index in [1.807, 2.05) is 39.8 Å². The summed E-state index contributed by atoms with van der Waals surface area (Å²) in [7, 11) is 0. The van der Waals surface area contributed by atoms with Crippen molar-refractivity contribution in [1.82, 2.24) is 0 Å². The van der Waals surface area contributed by atoms with Gasteiger partial charge in [-0.25, -0.2) is 9.98 Å². The van der Waals surface area contributed by atoms with E-state index in [4.69, 9.17) is 0 Å². The zero-order chi connectivity index (χ0) is 14.0. The molecule has 0 amide bonds. The van der Waals surface area contributed by atoms with Crippen LogP contribution in [0.2, 0.25) is 0 Å². The molecule has 2 nitrogen and oxygen atoms in total. The minimum absolute atomic E-state index is 0.735. The third-order valence-electron chi connectivity index (χ3n) is 2.03. The molecule has 0 fully saturated rings. The molecule has 1 rings (SSSR count). The van der Waals surface area contributed by atoms with Gasteiger partial charge in [0.2, 0.25) is 0 Å². The Balaban J connectivity index is 0.00000137. The smallest absolute Gasteiger partial charge is 0.125 e. The second-order valence-electron chi connectivity index (χ2n) is 3.55. The van der Waals surface area contributed by atoms with E-state index >= 15 is 0 Å². The lowest BCUT2D eigenvalue weighted by molar-refractivity contribution is 1.27. The largest absolute Gasteiger partial charge is 0.243 e. The van der Waals surface area contributed by atoms with Crippen molar-refractivity contribution in [3.8, 4) is 0 Å². The molecule has 0 N–H and O–H groups in total. The van der Waals surface area contributed by atoms with Crippen LogP contribution in [-0.4, -0.2) is 11.5 Å². The fraction of sp³-hybridized carbons (Fsp3) is 0.333. The van der Waals surface area contributed by atoms with Gasteiger partial charge in [0.25, 0.3) is 0 Å². The van der Waals surface area contributed by atoms with E-state index in [2.05, 4.69) is 41.3 Å². The number of hydrogen-bond acceptors (Lipinski definition) is 2. The summed E-state index contributed by atoms with van der Waals surface area (Å²) in [5.41, 5.74) is 2.26. The van der Waals surface area contributed by atoms with Crippen LogP contribution < -0.4 is 0 Å². The summed E-state index contributed by atoms with van der Waals surface area (Å²) in [5.74, 6) is 0.735. The minimum atomic E-state index is 0.735. The fourth-order valence-corrected chi connectivity index (χ4v) is 1.54. The van der Waals surface area contributed by atoms with E-state index in [0.717, 1.165) is 22.9 Å². The molecule has 1 aromatic rings. The highest BCUT2D eigenvalue weighted by molar-refractivity contribution is 7.80. The summed E-state index contributed by atoms with van der Waals surface area (Å²) in [5, 5.41) is 0. The molecule has 0 saturated heterocycles. The van der Waals surface area contributed by atoms with Gasteiger partial charge in [-0.2, -0.15) is 0 Å². The summed E-state index contributed by atoms with van der Waals surface area (Å²) in [6, 6.07) is 8.08. The molecule has 0 aromatic heterocycles. The number of amidine groups is 1. The van der Waals surface area contributed by atoms with Crippen molar-refractivity contribution in [2.45, 2.75) is 39.0 Å². The normalized spacial score (nSPS) is 11.6. The average Bonchev–Trinajstić information content (AvgIpc) is 2.35. The van der Waals surface area contributed by atoms with Crippen molar-refractivity contribution < 1.29 is 0 Å². The number of thiol groups is 1. The molecule has 0 aliphatic rings. The first-order chi connectivity index (χ1) is 8.61. The number of nitrogens with zero attached hydrogens (tertiary/aromatic N) is 2. The quantitative estimate of drug-likeness (QED) is 0.469. The molecule has 0 unspecified atom stereocenters. The van der Waals surface area contributed by atoms with Crippen LogP contribution in [0.3, 0.4) is 0 Å². The van der Waals surface area contributed by atoms with E-state index in [1.165, 1.54) is 11.8 Å². The van der Waals surface area contributed by atoms with Crippen molar-refractivity contribution in [3.63, 3.8) is 0 Å². The summed E-state index contributed by atoms with van der Waals surface area (Å²) < 4.78 is 0. The molecule has 3 heteroatoms. The highest BCUT2D eigenvalue weighted by Crippen LogP contribution is 2.08. The molecule has 0 radical (unpaired) electrons. The van der Waals surface area contributed by atoms with Gasteiger partial charge in [-0.15, -0.1) is 12.6 Å². The summed E-state index contributed by atoms with van der Waals surface area (Å²) in [6.07, 6.45) is 2.33. The van der Waals surface area contributed by atoms with Crippen LogP contribution in [0.15, 0.2) is 51.9 Å². The Bertz CT molecular complexity index is 417. The third kappa shape index (κ3) is 7.07. The summed E-state index contributed by atoms with van der Waals surface area (Å²) in [4.78, 5) is 9.34. The Hall–Kier alpha value is -1.35. The van der Waals surface area contributed by atoms with Gasteiger partial charge in [0, 0.05) is 23.2 Å². The zero-order valence-electron chi connectivity index (χ0n) is 11.6. The molecule has 98 valence electrons. The molecule has 18 heavy (non-hydrogen) atoms. The highest BCUT2D eigenvalue weighted by Gasteiger charge is 1.96. The molecule has 0 atom stereocenters. The zero-order valence-corrected chi connectivity index (χ0v) is 12.5. The van der Waals surface area contributed by atoms with E-state index in [-0.39, 0.29) is 0 Å². The second-order valence-corrected chi connectivity index (χ2v) is 4.07. The third-order valence-corrected chi connectivity index (χ3v) is 2.33. The predicted molar refractivity (Wildman–Crippen MR) is 85.2 cm³/mol. The first kappa shape index (κ1) is 16.6. The van der Waals surface area contributed by atoms with Gasteiger partial charge in [0.15, 0.2) is 0 Å². The lowest BCUT2D eigenvalue weighted by Crippen LogP contribution is -2.00. The molecular formula is C15H22N2S. The van der Waals surface area contributed by atoms with Gasteiger partial charge in [-0.3, -0.25) is 0 Å². The molecule has 0 spiro atoms. The van der Waals surface area contributed by atoms with Crippen molar-refractivity contribution in [2.75, 3.05) is 0 Å². The van der Waals surface area contributed by atoms with Gasteiger partial charge < -0.3 is 0 Å². The summed E-state index contributed by atoms with van der Waals surface area (Å²) >= 11 is 4.25. The molecule has 1 aromatic carbocycles. The van der Waals surface area contributed by atoms with E-state index < -0.39 is 0 Å². The van der Waals surface area contributed by atoms with Crippen LogP contribution in [0, 0.1) is 0 Å². The fourth-order valence-electron chi connectivity index (χ4n) is 1.39. The average molecular weight is 262 g/mol. The van der Waals surface area contributed by atoms with Crippen molar-refractivity contribution in [3.05, 3.63) is 42.6 Å². The van der Waals surface area contributed by atoms with Crippen LogP contribution in [0.1, 0.15) is 33.3 Å². The summed E-state index contributed by atoms with van der Waals surface area (Å²) in [6.45, 7) is 11.4. The highest BCUT2D eigenvalue weighted by atomic mass is 32.1. The number of benzene rings is 1. The molecule has 0 aliphatic heterocycles. The Morgan fingerprint density at radius 3 is 2.28 bits per heavy atom. The maximum atomic E-state index is 4.36. The number of aliphatic imine (C=N–C) groups is 2. The topological polar surface area (TPSA) is 24.7 Å². The van der Waals surface area contributed by atoms with Crippen LogP contribution >= 0.6 is 12.6 Å². The maximum absolute atomic E-state index is 4.36. The predicted octanol–water partition coefficient (Wildman–Crippen LogP) is 4.57. The van der Waals surface area contributed by atoms with Crippen molar-refractivity contribution >= 4 is 24.2 Å². The Morgan fingerprint density at radius 1 is 1.22 bits per heavy atom. The molecule has 0 saturated carbocycles. The van der Waals surface area contributed by atoms with Crippen molar-refractivity contribution in [2.24, 2.45) is 9.98 Å². The van der Waals surface area contributed by atoms with Gasteiger partial charge in [0.05, 0.1) is 0 Å². The first-order valence-electron chi connectivity index (χ1n) is 6.09. The van der Waals surface area contributed by atoms with E-state index in [1.54, 1.807) is 0 Å². The first-order valence-corrected chi connectivity index (χ1v) is 6.54.